The van der Waals surface area contributed by atoms with Crippen LogP contribution in [0, 0.1) is 22.9 Å². The molecule has 0 saturated carbocycles. The minimum Gasteiger partial charge on any atom is -0.392 e. The second kappa shape index (κ2) is 5.81. The lowest BCUT2D eigenvalue weighted by Gasteiger charge is -2.19. The third-order valence-corrected chi connectivity index (χ3v) is 4.62. The molecule has 9 heteroatoms. The molecule has 1 unspecified atom stereocenters. The van der Waals surface area contributed by atoms with Crippen molar-refractivity contribution in [2.45, 2.75) is 24.8 Å². The average molecular weight is 306 g/mol. The van der Waals surface area contributed by atoms with Crippen LogP contribution in [0.15, 0.2) is 17.0 Å². The van der Waals surface area contributed by atoms with E-state index in [1.807, 2.05) is 0 Å². The van der Waals surface area contributed by atoms with Crippen LogP contribution in [0.2, 0.25) is 0 Å². The molecule has 112 valence electrons. The second-order valence-electron chi connectivity index (χ2n) is 4.46. The summed E-state index contributed by atoms with van der Waals surface area (Å²) in [6, 6.07) is 1.50. The molecule has 0 radical (unpaired) electrons. The van der Waals surface area contributed by atoms with Crippen molar-refractivity contribution in [2.24, 2.45) is 0 Å². The van der Waals surface area contributed by atoms with Crippen molar-refractivity contribution in [3.63, 3.8) is 0 Å². The van der Waals surface area contributed by atoms with Crippen molar-refractivity contribution in [3.05, 3.63) is 33.6 Å². The molecule has 20 heavy (non-hydrogen) atoms. The molecule has 0 bridgehead atoms. The summed E-state index contributed by atoms with van der Waals surface area (Å²) < 4.78 is 38.7. The van der Waals surface area contributed by atoms with E-state index in [1.54, 1.807) is 0 Å². The van der Waals surface area contributed by atoms with Crippen LogP contribution >= 0.6 is 0 Å². The fraction of sp³-hybridized carbons (Fsp3) is 0.455. The van der Waals surface area contributed by atoms with Gasteiger partial charge >= 0.3 is 5.69 Å². The summed E-state index contributed by atoms with van der Waals surface area (Å²) in [7, 11) is -2.80. The molecule has 0 aliphatic heterocycles. The molecular weight excluding hydrogens is 291 g/mol. The Labute approximate surface area is 115 Å². The smallest absolute Gasteiger partial charge is 0.306 e. The van der Waals surface area contributed by atoms with Crippen LogP contribution in [-0.2, 0) is 10.0 Å². The zero-order chi connectivity index (χ0) is 15.7. The molecule has 0 aromatic heterocycles. The highest BCUT2D eigenvalue weighted by molar-refractivity contribution is 7.89. The number of hydrogen-bond donors (Lipinski definition) is 1. The van der Waals surface area contributed by atoms with Crippen molar-refractivity contribution >= 4 is 15.7 Å². The number of nitrogens with zero attached hydrogens (tertiary/aromatic N) is 2. The molecule has 0 fully saturated rings. The van der Waals surface area contributed by atoms with Gasteiger partial charge in [0.1, 0.15) is 0 Å². The standard InChI is InChI=1S/C11H15FN2O5S/c1-7-4-9(12)10(14(16)17)5-11(7)20(18,19)13(3)6-8(2)15/h4-5,8,15H,6H2,1-3H3. The van der Waals surface area contributed by atoms with E-state index in [2.05, 4.69) is 0 Å². The zero-order valence-corrected chi connectivity index (χ0v) is 12.0. The van der Waals surface area contributed by atoms with Crippen LogP contribution in [0.25, 0.3) is 0 Å². The van der Waals surface area contributed by atoms with Gasteiger partial charge in [-0.15, -0.1) is 0 Å². The van der Waals surface area contributed by atoms with Crippen molar-refractivity contribution in [2.75, 3.05) is 13.6 Å². The molecule has 0 spiro atoms. The number of halogens is 1. The first-order valence-electron chi connectivity index (χ1n) is 5.66. The Morgan fingerprint density at radius 2 is 2.05 bits per heavy atom. The molecule has 7 nitrogen and oxygen atoms in total. The maximum atomic E-state index is 13.4. The van der Waals surface area contributed by atoms with Gasteiger partial charge in [-0.05, 0) is 25.5 Å². The van der Waals surface area contributed by atoms with E-state index in [1.165, 1.54) is 20.9 Å². The topological polar surface area (TPSA) is 101 Å². The molecule has 1 N–H and O–H groups in total. The Morgan fingerprint density at radius 3 is 2.50 bits per heavy atom. The van der Waals surface area contributed by atoms with Gasteiger partial charge < -0.3 is 5.11 Å². The first-order valence-corrected chi connectivity index (χ1v) is 7.10. The Bertz CT molecular complexity index is 630. The SMILES string of the molecule is Cc1cc(F)c([N+](=O)[O-])cc1S(=O)(=O)N(C)CC(C)O. The first kappa shape index (κ1) is 16.5. The third-order valence-electron chi connectivity index (χ3n) is 2.65. The summed E-state index contributed by atoms with van der Waals surface area (Å²) in [4.78, 5) is 9.34. The molecule has 0 aliphatic rings. The van der Waals surface area contributed by atoms with Gasteiger partial charge in [-0.2, -0.15) is 8.70 Å². The number of rotatable bonds is 5. The number of benzene rings is 1. The van der Waals surface area contributed by atoms with Gasteiger partial charge in [0.15, 0.2) is 0 Å². The number of aliphatic hydroxyl groups excluding tert-OH is 1. The summed E-state index contributed by atoms with van der Waals surface area (Å²) in [6.07, 6.45) is -0.898. The Hall–Kier alpha value is -1.58. The maximum absolute atomic E-state index is 13.4. The summed E-state index contributed by atoms with van der Waals surface area (Å²) in [5.74, 6) is -1.09. The van der Waals surface area contributed by atoms with Crippen molar-refractivity contribution in [1.29, 1.82) is 0 Å². The lowest BCUT2D eigenvalue weighted by Crippen LogP contribution is -2.33. The van der Waals surface area contributed by atoms with E-state index in [4.69, 9.17) is 0 Å². The van der Waals surface area contributed by atoms with Crippen LogP contribution in [0.5, 0.6) is 0 Å². The van der Waals surface area contributed by atoms with Crippen LogP contribution in [0.3, 0.4) is 0 Å². The minimum absolute atomic E-state index is 0.0607. The van der Waals surface area contributed by atoms with Crippen LogP contribution in [0.4, 0.5) is 10.1 Å². The highest BCUT2D eigenvalue weighted by atomic mass is 32.2. The van der Waals surface area contributed by atoms with Crippen molar-refractivity contribution in [3.8, 4) is 0 Å². The number of aliphatic hydroxyl groups is 1. The van der Waals surface area contributed by atoms with Gasteiger partial charge in [-0.3, -0.25) is 10.1 Å². The van der Waals surface area contributed by atoms with Crippen LogP contribution in [-0.4, -0.2) is 42.4 Å². The molecule has 1 atom stereocenters. The number of sulfonamides is 1. The van der Waals surface area contributed by atoms with Gasteiger partial charge in [0, 0.05) is 19.7 Å². The molecule has 1 rings (SSSR count). The maximum Gasteiger partial charge on any atom is 0.306 e. The fourth-order valence-electron chi connectivity index (χ4n) is 1.70. The number of likely N-dealkylation sites (N-methyl/N-ethyl adjacent to an activating group) is 1. The first-order chi connectivity index (χ1) is 9.07. The van der Waals surface area contributed by atoms with Gasteiger partial charge in [0.05, 0.1) is 15.9 Å². The Morgan fingerprint density at radius 1 is 1.50 bits per heavy atom. The zero-order valence-electron chi connectivity index (χ0n) is 11.2. The predicted molar refractivity (Wildman–Crippen MR) is 69.3 cm³/mol. The van der Waals surface area contributed by atoms with Crippen molar-refractivity contribution in [1.82, 2.24) is 4.31 Å². The van der Waals surface area contributed by atoms with E-state index in [-0.39, 0.29) is 17.0 Å². The van der Waals surface area contributed by atoms with Crippen LogP contribution in [0.1, 0.15) is 12.5 Å². The monoisotopic (exact) mass is 306 g/mol. The van der Waals surface area contributed by atoms with E-state index >= 15 is 0 Å². The highest BCUT2D eigenvalue weighted by Crippen LogP contribution is 2.27. The van der Waals surface area contributed by atoms with Crippen molar-refractivity contribution < 1.29 is 22.8 Å². The summed E-state index contributed by atoms with van der Waals surface area (Å²) in [5, 5.41) is 19.9. The number of nitro benzene ring substituents is 1. The lowest BCUT2D eigenvalue weighted by molar-refractivity contribution is -0.387. The average Bonchev–Trinajstić information content (AvgIpc) is 2.26. The highest BCUT2D eigenvalue weighted by Gasteiger charge is 2.28. The lowest BCUT2D eigenvalue weighted by atomic mass is 10.2. The molecule has 0 aliphatic carbocycles. The van der Waals surface area contributed by atoms with Gasteiger partial charge in [0.25, 0.3) is 0 Å². The molecule has 1 aromatic rings. The van der Waals surface area contributed by atoms with E-state index in [9.17, 15) is 28.0 Å². The third kappa shape index (κ3) is 3.30. The molecule has 0 saturated heterocycles. The van der Waals surface area contributed by atoms with Gasteiger partial charge in [0.2, 0.25) is 15.8 Å². The van der Waals surface area contributed by atoms with E-state index in [0.29, 0.717) is 6.07 Å². The quantitative estimate of drug-likeness (QED) is 0.647. The number of aryl methyl sites for hydroxylation is 1. The van der Waals surface area contributed by atoms with E-state index in [0.717, 1.165) is 10.4 Å². The Balaban J connectivity index is 3.38. The summed E-state index contributed by atoms with van der Waals surface area (Å²) >= 11 is 0. The number of hydrogen-bond acceptors (Lipinski definition) is 5. The normalized spacial score (nSPS) is 13.5. The summed E-state index contributed by atoms with van der Waals surface area (Å²) in [5.41, 5.74) is -0.842. The molecule has 1 aromatic carbocycles. The molecule has 0 amide bonds. The predicted octanol–water partition coefficient (Wildman–Crippen LogP) is 1.04. The van der Waals surface area contributed by atoms with Crippen LogP contribution < -0.4 is 0 Å². The number of nitro groups is 1. The molecule has 0 heterocycles. The van der Waals surface area contributed by atoms with Gasteiger partial charge in [-0.1, -0.05) is 0 Å². The minimum atomic E-state index is -4.04. The van der Waals surface area contributed by atoms with E-state index < -0.39 is 32.6 Å². The Kier molecular flexibility index (Phi) is 4.79. The fourth-order valence-corrected chi connectivity index (χ4v) is 3.17. The molecular formula is C11H15FN2O5S. The van der Waals surface area contributed by atoms with Gasteiger partial charge in [-0.25, -0.2) is 8.42 Å². The largest absolute Gasteiger partial charge is 0.392 e. The second-order valence-corrected chi connectivity index (χ2v) is 6.47. The summed E-state index contributed by atoms with van der Waals surface area (Å²) in [6.45, 7) is 2.58.